The van der Waals surface area contributed by atoms with Gasteiger partial charge < -0.3 is 5.11 Å². The summed E-state index contributed by atoms with van der Waals surface area (Å²) >= 11 is 9.19. The fourth-order valence-electron chi connectivity index (χ4n) is 2.60. The van der Waals surface area contributed by atoms with Gasteiger partial charge in [0.05, 0.1) is 10.7 Å². The van der Waals surface area contributed by atoms with Crippen molar-refractivity contribution >= 4 is 29.0 Å². The van der Waals surface area contributed by atoms with Crippen LogP contribution in [0.4, 0.5) is 8.78 Å². The molecule has 0 radical (unpaired) electrons. The van der Waals surface area contributed by atoms with Gasteiger partial charge in [-0.1, -0.05) is 18.3 Å². The molecule has 2 rings (SSSR count). The van der Waals surface area contributed by atoms with E-state index in [1.165, 1.54) is 23.4 Å². The molecule has 136 valence electrons. The number of aromatic nitrogens is 3. The highest BCUT2D eigenvalue weighted by Crippen LogP contribution is 2.28. The Morgan fingerprint density at radius 3 is 2.68 bits per heavy atom. The second kappa shape index (κ2) is 8.31. The van der Waals surface area contributed by atoms with E-state index in [-0.39, 0.29) is 24.7 Å². The number of aliphatic hydroxyl groups is 1. The van der Waals surface area contributed by atoms with Gasteiger partial charge in [-0.2, -0.15) is 5.10 Å². The van der Waals surface area contributed by atoms with Crippen LogP contribution in [-0.4, -0.2) is 48.1 Å². The summed E-state index contributed by atoms with van der Waals surface area (Å²) in [6.45, 7) is 4.23. The van der Waals surface area contributed by atoms with Crippen molar-refractivity contribution in [2.75, 3.05) is 13.1 Å². The van der Waals surface area contributed by atoms with E-state index in [1.54, 1.807) is 0 Å². The smallest absolute Gasteiger partial charge is 0.137 e. The van der Waals surface area contributed by atoms with Crippen molar-refractivity contribution in [3.63, 3.8) is 0 Å². The minimum absolute atomic E-state index is 0.0138. The van der Waals surface area contributed by atoms with E-state index < -0.39 is 17.2 Å². The summed E-state index contributed by atoms with van der Waals surface area (Å²) in [5.41, 5.74) is -1.67. The lowest BCUT2D eigenvalue weighted by molar-refractivity contribution is -0.0245. The molecule has 1 heterocycles. The van der Waals surface area contributed by atoms with Crippen LogP contribution < -0.4 is 0 Å². The Labute approximate surface area is 156 Å². The SMILES string of the molecule is CC(C)N(CC(=S)S)CC(O)(Cn1cncn1)c1ccc(F)cc1F. The number of thiocarbonyl (C=S) groups is 1. The van der Waals surface area contributed by atoms with E-state index in [2.05, 4.69) is 22.7 Å². The predicted molar refractivity (Wildman–Crippen MR) is 98.6 cm³/mol. The number of nitrogens with zero attached hydrogens (tertiary/aromatic N) is 4. The molecule has 9 heteroatoms. The largest absolute Gasteiger partial charge is 0.382 e. The zero-order valence-electron chi connectivity index (χ0n) is 13.9. The van der Waals surface area contributed by atoms with Crippen molar-refractivity contribution in [2.45, 2.75) is 32.0 Å². The van der Waals surface area contributed by atoms with Gasteiger partial charge in [-0.3, -0.25) is 4.90 Å². The fraction of sp³-hybridized carbons (Fsp3) is 0.438. The van der Waals surface area contributed by atoms with Gasteiger partial charge in [-0.25, -0.2) is 18.4 Å². The molecule has 0 saturated heterocycles. The maximum Gasteiger partial charge on any atom is 0.137 e. The highest BCUT2D eigenvalue weighted by molar-refractivity contribution is 8.11. The third-order valence-electron chi connectivity index (χ3n) is 3.86. The van der Waals surface area contributed by atoms with Gasteiger partial charge in [0.2, 0.25) is 0 Å². The van der Waals surface area contributed by atoms with E-state index in [0.717, 1.165) is 12.1 Å². The van der Waals surface area contributed by atoms with Crippen molar-refractivity contribution in [1.82, 2.24) is 19.7 Å². The molecule has 0 spiro atoms. The van der Waals surface area contributed by atoms with Crippen molar-refractivity contribution < 1.29 is 13.9 Å². The lowest BCUT2D eigenvalue weighted by Gasteiger charge is -2.36. The van der Waals surface area contributed by atoms with Crippen molar-refractivity contribution in [3.8, 4) is 0 Å². The molecule has 25 heavy (non-hydrogen) atoms. The highest BCUT2D eigenvalue weighted by atomic mass is 32.1. The van der Waals surface area contributed by atoms with Gasteiger partial charge in [0, 0.05) is 30.8 Å². The minimum atomic E-state index is -1.66. The Morgan fingerprint density at radius 1 is 1.44 bits per heavy atom. The lowest BCUT2D eigenvalue weighted by atomic mass is 9.91. The molecule has 0 aliphatic heterocycles. The molecule has 1 atom stereocenters. The van der Waals surface area contributed by atoms with Crippen molar-refractivity contribution in [3.05, 3.63) is 48.1 Å². The second-order valence-corrected chi connectivity index (χ2v) is 7.48. The summed E-state index contributed by atoms with van der Waals surface area (Å²) in [6, 6.07) is 3.15. The van der Waals surface area contributed by atoms with E-state index in [1.807, 2.05) is 18.7 Å². The summed E-state index contributed by atoms with van der Waals surface area (Å²) in [5, 5.41) is 15.3. The minimum Gasteiger partial charge on any atom is -0.382 e. The number of hydrogen-bond donors (Lipinski definition) is 2. The topological polar surface area (TPSA) is 54.2 Å². The zero-order valence-corrected chi connectivity index (χ0v) is 15.6. The van der Waals surface area contributed by atoms with Crippen LogP contribution in [0.15, 0.2) is 30.9 Å². The lowest BCUT2D eigenvalue weighted by Crippen LogP contribution is -2.48. The summed E-state index contributed by atoms with van der Waals surface area (Å²) in [4.78, 5) is 5.71. The zero-order chi connectivity index (χ0) is 18.6. The Kier molecular flexibility index (Phi) is 6.61. The van der Waals surface area contributed by atoms with Gasteiger partial charge in [0.1, 0.15) is 29.9 Å². The first-order chi connectivity index (χ1) is 11.7. The third kappa shape index (κ3) is 5.27. The van der Waals surface area contributed by atoms with Crippen molar-refractivity contribution in [1.29, 1.82) is 0 Å². The molecule has 0 saturated carbocycles. The maximum atomic E-state index is 14.4. The Morgan fingerprint density at radius 2 is 2.16 bits per heavy atom. The number of benzene rings is 1. The van der Waals surface area contributed by atoms with Crippen LogP contribution in [-0.2, 0) is 12.1 Å². The second-order valence-electron chi connectivity index (χ2n) is 6.14. The van der Waals surface area contributed by atoms with Crippen molar-refractivity contribution in [2.24, 2.45) is 0 Å². The van der Waals surface area contributed by atoms with Crippen LogP contribution in [0.3, 0.4) is 0 Å². The van der Waals surface area contributed by atoms with Gasteiger partial charge in [0.15, 0.2) is 0 Å². The summed E-state index contributed by atoms with van der Waals surface area (Å²) in [7, 11) is 0. The first-order valence-corrected chi connectivity index (χ1v) is 8.53. The molecule has 5 nitrogen and oxygen atoms in total. The van der Waals surface area contributed by atoms with Crippen LogP contribution in [0.5, 0.6) is 0 Å². The van der Waals surface area contributed by atoms with E-state index >= 15 is 0 Å². The van der Waals surface area contributed by atoms with Crippen LogP contribution in [0.1, 0.15) is 19.4 Å². The monoisotopic (exact) mass is 386 g/mol. The maximum absolute atomic E-state index is 14.4. The normalized spacial score (nSPS) is 14.1. The standard InChI is InChI=1S/C16H20F2N4OS2/c1-11(2)21(6-15(24)25)7-16(23,8-22-10-19-9-20-22)13-4-3-12(17)5-14(13)18/h3-5,9-11,23H,6-8H2,1-2H3,(H,24,25). The molecular formula is C16H20F2N4OS2. The molecule has 0 bridgehead atoms. The average molecular weight is 386 g/mol. The van der Waals surface area contributed by atoms with Gasteiger partial charge in [0.25, 0.3) is 0 Å². The molecule has 0 aliphatic rings. The quantitative estimate of drug-likeness (QED) is 0.539. The Bertz CT molecular complexity index is 727. The first kappa shape index (κ1) is 19.9. The Balaban J connectivity index is 2.42. The molecule has 0 amide bonds. The number of rotatable bonds is 8. The summed E-state index contributed by atoms with van der Waals surface area (Å²) in [5.74, 6) is -1.53. The van der Waals surface area contributed by atoms with Crippen LogP contribution in [0, 0.1) is 11.6 Å². The van der Waals surface area contributed by atoms with Gasteiger partial charge >= 0.3 is 0 Å². The number of hydrogen-bond acceptors (Lipinski definition) is 5. The molecule has 1 unspecified atom stereocenters. The summed E-state index contributed by atoms with van der Waals surface area (Å²) < 4.78 is 29.5. The predicted octanol–water partition coefficient (Wildman–Crippen LogP) is 2.41. The molecular weight excluding hydrogens is 366 g/mol. The van der Waals surface area contributed by atoms with Gasteiger partial charge in [-0.15, -0.1) is 12.6 Å². The molecule has 1 aromatic heterocycles. The van der Waals surface area contributed by atoms with Crippen LogP contribution in [0.25, 0.3) is 0 Å². The average Bonchev–Trinajstić information content (AvgIpc) is 2.98. The van der Waals surface area contributed by atoms with Crippen LogP contribution in [0.2, 0.25) is 0 Å². The summed E-state index contributed by atoms with van der Waals surface area (Å²) in [6.07, 6.45) is 2.75. The van der Waals surface area contributed by atoms with E-state index in [9.17, 15) is 13.9 Å². The van der Waals surface area contributed by atoms with E-state index in [4.69, 9.17) is 12.2 Å². The highest BCUT2D eigenvalue weighted by Gasteiger charge is 2.36. The number of halogens is 2. The molecule has 0 fully saturated rings. The molecule has 1 aromatic carbocycles. The van der Waals surface area contributed by atoms with Crippen LogP contribution >= 0.6 is 24.8 Å². The number of thiol groups is 1. The third-order valence-corrected chi connectivity index (χ3v) is 4.13. The molecule has 1 N–H and O–H groups in total. The molecule has 0 aliphatic carbocycles. The Hall–Kier alpha value is -1.42. The first-order valence-electron chi connectivity index (χ1n) is 7.67. The van der Waals surface area contributed by atoms with E-state index in [0.29, 0.717) is 10.7 Å². The fourth-order valence-corrected chi connectivity index (χ4v) is 2.95. The molecule has 2 aromatic rings. The van der Waals surface area contributed by atoms with Gasteiger partial charge in [-0.05, 0) is 19.9 Å².